The van der Waals surface area contributed by atoms with Crippen molar-refractivity contribution in [2.24, 2.45) is 0 Å². The molecule has 1 aromatic rings. The number of nitrogens with one attached hydrogen (secondary N) is 1. The van der Waals surface area contributed by atoms with Crippen molar-refractivity contribution in [1.82, 2.24) is 15.1 Å². The van der Waals surface area contributed by atoms with E-state index in [9.17, 15) is 14.4 Å². The molecule has 160 valence electrons. The number of hydrogen-bond acceptors (Lipinski definition) is 5. The molecule has 0 aliphatic carbocycles. The third-order valence-corrected chi connectivity index (χ3v) is 4.33. The van der Waals surface area contributed by atoms with E-state index in [-0.39, 0.29) is 18.6 Å². The van der Waals surface area contributed by atoms with Crippen LogP contribution in [0.1, 0.15) is 39.2 Å². The largest absolute Gasteiger partial charge is 0.445 e. The number of hydrogen-bond donors (Lipinski definition) is 1. The van der Waals surface area contributed by atoms with Crippen LogP contribution in [0.3, 0.4) is 0 Å². The van der Waals surface area contributed by atoms with Crippen LogP contribution in [0.2, 0.25) is 0 Å². The minimum Gasteiger partial charge on any atom is -0.445 e. The maximum absolute atomic E-state index is 12.3. The predicted octanol–water partition coefficient (Wildman–Crippen LogP) is 2.77. The Morgan fingerprint density at radius 3 is 2.24 bits per heavy atom. The van der Waals surface area contributed by atoms with Crippen LogP contribution in [-0.2, 0) is 20.9 Å². The van der Waals surface area contributed by atoms with Crippen LogP contribution in [0, 0.1) is 0 Å². The number of ether oxygens (including phenoxy) is 2. The summed E-state index contributed by atoms with van der Waals surface area (Å²) in [5.41, 5.74) is 0.391. The number of rotatable bonds is 6. The Kier molecular flexibility index (Phi) is 8.30. The molecule has 0 bridgehead atoms. The van der Waals surface area contributed by atoms with Gasteiger partial charge in [-0.15, -0.1) is 0 Å². The first kappa shape index (κ1) is 22.5. The van der Waals surface area contributed by atoms with Gasteiger partial charge in [0.15, 0.2) is 0 Å². The molecular formula is C21H31N3O5. The number of amides is 3. The lowest BCUT2D eigenvalue weighted by molar-refractivity contribution is -0.133. The second kappa shape index (κ2) is 10.7. The van der Waals surface area contributed by atoms with Gasteiger partial charge in [-0.25, -0.2) is 9.59 Å². The Hall–Kier alpha value is -2.77. The second-order valence-corrected chi connectivity index (χ2v) is 7.94. The minimum absolute atomic E-state index is 0.0216. The highest BCUT2D eigenvalue weighted by molar-refractivity contribution is 5.77. The van der Waals surface area contributed by atoms with E-state index in [0.29, 0.717) is 45.6 Å². The average Bonchev–Trinajstić information content (AvgIpc) is 2.69. The molecule has 2 rings (SSSR count). The summed E-state index contributed by atoms with van der Waals surface area (Å²) in [7, 11) is 0. The first-order valence-electron chi connectivity index (χ1n) is 9.95. The van der Waals surface area contributed by atoms with Gasteiger partial charge in [0.25, 0.3) is 0 Å². The number of carbonyl (C=O) groups excluding carboxylic acids is 3. The molecule has 1 N–H and O–H groups in total. The zero-order chi connectivity index (χ0) is 21.3. The number of nitrogens with zero attached hydrogens (tertiary/aromatic N) is 2. The summed E-state index contributed by atoms with van der Waals surface area (Å²) in [5, 5.41) is 2.65. The summed E-state index contributed by atoms with van der Waals surface area (Å²) < 4.78 is 10.5. The Morgan fingerprint density at radius 1 is 1.00 bits per heavy atom. The lowest BCUT2D eigenvalue weighted by Gasteiger charge is -2.35. The molecule has 8 heteroatoms. The van der Waals surface area contributed by atoms with Crippen LogP contribution in [0.15, 0.2) is 30.3 Å². The predicted molar refractivity (Wildman–Crippen MR) is 108 cm³/mol. The molecule has 1 heterocycles. The number of piperazine rings is 1. The van der Waals surface area contributed by atoms with Gasteiger partial charge in [0, 0.05) is 39.1 Å². The van der Waals surface area contributed by atoms with Gasteiger partial charge in [-0.3, -0.25) is 4.79 Å². The Balaban J connectivity index is 1.58. The van der Waals surface area contributed by atoms with Crippen molar-refractivity contribution < 1.29 is 23.9 Å². The number of carbonyl (C=O) groups is 3. The van der Waals surface area contributed by atoms with Crippen molar-refractivity contribution in [3.63, 3.8) is 0 Å². The van der Waals surface area contributed by atoms with Crippen molar-refractivity contribution >= 4 is 18.1 Å². The summed E-state index contributed by atoms with van der Waals surface area (Å²) in [6, 6.07) is 9.44. The topological polar surface area (TPSA) is 88.2 Å². The molecule has 1 saturated heterocycles. The van der Waals surface area contributed by atoms with Gasteiger partial charge in [-0.05, 0) is 32.8 Å². The summed E-state index contributed by atoms with van der Waals surface area (Å²) >= 11 is 0. The Morgan fingerprint density at radius 2 is 1.62 bits per heavy atom. The molecule has 0 aromatic heterocycles. The van der Waals surface area contributed by atoms with E-state index in [0.717, 1.165) is 5.56 Å². The van der Waals surface area contributed by atoms with E-state index in [2.05, 4.69) is 5.32 Å². The highest BCUT2D eigenvalue weighted by atomic mass is 16.6. The summed E-state index contributed by atoms with van der Waals surface area (Å²) in [6.45, 7) is 7.98. The summed E-state index contributed by atoms with van der Waals surface area (Å²) in [4.78, 5) is 39.4. The molecule has 1 fully saturated rings. The SMILES string of the molecule is CC(C)(C)OC(=O)N1CCN(C(=O)CCCNC(=O)OCc2ccccc2)CC1. The fraction of sp³-hybridized carbons (Fsp3) is 0.571. The van der Waals surface area contributed by atoms with Crippen molar-refractivity contribution in [2.75, 3.05) is 32.7 Å². The molecule has 3 amide bonds. The molecule has 0 atom stereocenters. The normalized spacial score (nSPS) is 14.3. The monoisotopic (exact) mass is 405 g/mol. The van der Waals surface area contributed by atoms with E-state index in [4.69, 9.17) is 9.47 Å². The highest BCUT2D eigenvalue weighted by Crippen LogP contribution is 2.12. The molecule has 0 saturated carbocycles. The zero-order valence-corrected chi connectivity index (χ0v) is 17.5. The minimum atomic E-state index is -0.528. The van der Waals surface area contributed by atoms with Gasteiger partial charge < -0.3 is 24.6 Å². The molecule has 29 heavy (non-hydrogen) atoms. The van der Waals surface area contributed by atoms with Crippen molar-refractivity contribution in [1.29, 1.82) is 0 Å². The molecule has 0 radical (unpaired) electrons. The van der Waals surface area contributed by atoms with Crippen LogP contribution in [0.5, 0.6) is 0 Å². The van der Waals surface area contributed by atoms with E-state index >= 15 is 0 Å². The van der Waals surface area contributed by atoms with Crippen LogP contribution < -0.4 is 5.32 Å². The van der Waals surface area contributed by atoms with E-state index in [1.165, 1.54) is 0 Å². The van der Waals surface area contributed by atoms with Gasteiger partial charge in [-0.1, -0.05) is 30.3 Å². The lowest BCUT2D eigenvalue weighted by atomic mass is 10.2. The molecular weight excluding hydrogens is 374 g/mol. The molecule has 8 nitrogen and oxygen atoms in total. The zero-order valence-electron chi connectivity index (χ0n) is 17.5. The van der Waals surface area contributed by atoms with Crippen LogP contribution in [0.4, 0.5) is 9.59 Å². The van der Waals surface area contributed by atoms with Gasteiger partial charge in [0.1, 0.15) is 12.2 Å². The third kappa shape index (κ3) is 8.41. The molecule has 0 unspecified atom stereocenters. The molecule has 1 aliphatic heterocycles. The fourth-order valence-corrected chi connectivity index (χ4v) is 2.83. The quantitative estimate of drug-likeness (QED) is 0.735. The van der Waals surface area contributed by atoms with E-state index < -0.39 is 11.7 Å². The van der Waals surface area contributed by atoms with Crippen LogP contribution in [0.25, 0.3) is 0 Å². The Bertz CT molecular complexity index is 679. The highest BCUT2D eigenvalue weighted by Gasteiger charge is 2.27. The van der Waals surface area contributed by atoms with Crippen LogP contribution >= 0.6 is 0 Å². The average molecular weight is 405 g/mol. The first-order chi connectivity index (χ1) is 13.7. The van der Waals surface area contributed by atoms with Crippen molar-refractivity contribution in [3.05, 3.63) is 35.9 Å². The maximum atomic E-state index is 12.3. The molecule has 1 aliphatic rings. The third-order valence-electron chi connectivity index (χ3n) is 4.33. The van der Waals surface area contributed by atoms with Crippen molar-refractivity contribution in [2.45, 2.75) is 45.8 Å². The summed E-state index contributed by atoms with van der Waals surface area (Å²) in [5.74, 6) is 0.0216. The first-order valence-corrected chi connectivity index (χ1v) is 9.95. The van der Waals surface area contributed by atoms with E-state index in [1.54, 1.807) is 9.80 Å². The standard InChI is InChI=1S/C21H31N3O5/c1-21(2,3)29-20(27)24-14-12-23(13-15-24)18(25)10-7-11-22-19(26)28-16-17-8-5-4-6-9-17/h4-6,8-9H,7,10-16H2,1-3H3,(H,22,26). The lowest BCUT2D eigenvalue weighted by Crippen LogP contribution is -2.51. The molecule has 1 aromatic carbocycles. The number of benzene rings is 1. The van der Waals surface area contributed by atoms with Crippen LogP contribution in [-0.4, -0.2) is 66.2 Å². The fourth-order valence-electron chi connectivity index (χ4n) is 2.83. The summed E-state index contributed by atoms with van der Waals surface area (Å²) in [6.07, 6.45) is 0.0341. The van der Waals surface area contributed by atoms with E-state index in [1.807, 2.05) is 51.1 Å². The maximum Gasteiger partial charge on any atom is 0.410 e. The van der Waals surface area contributed by atoms with Gasteiger partial charge in [0.2, 0.25) is 5.91 Å². The number of alkyl carbamates (subject to hydrolysis) is 1. The van der Waals surface area contributed by atoms with Gasteiger partial charge >= 0.3 is 12.2 Å². The smallest absolute Gasteiger partial charge is 0.410 e. The Labute approximate surface area is 172 Å². The molecule has 0 spiro atoms. The second-order valence-electron chi connectivity index (χ2n) is 7.94. The van der Waals surface area contributed by atoms with Crippen molar-refractivity contribution in [3.8, 4) is 0 Å². The van der Waals surface area contributed by atoms with Gasteiger partial charge in [0.05, 0.1) is 0 Å². The van der Waals surface area contributed by atoms with Gasteiger partial charge in [-0.2, -0.15) is 0 Å².